The first-order valence-corrected chi connectivity index (χ1v) is 6.50. The van der Waals surface area contributed by atoms with Crippen molar-refractivity contribution in [2.75, 3.05) is 19.7 Å². The van der Waals surface area contributed by atoms with Crippen molar-refractivity contribution in [1.29, 1.82) is 0 Å². The second kappa shape index (κ2) is 7.83. The third kappa shape index (κ3) is 7.09. The number of rotatable bonds is 7. The zero-order chi connectivity index (χ0) is 15.2. The Labute approximate surface area is 120 Å². The van der Waals surface area contributed by atoms with E-state index in [0.29, 0.717) is 5.02 Å². The van der Waals surface area contributed by atoms with Crippen LogP contribution in [0.3, 0.4) is 0 Å². The summed E-state index contributed by atoms with van der Waals surface area (Å²) in [5.41, 5.74) is 0.793. The SMILES string of the molecule is OC[C@@H](O)CN(CCC(F)(F)F)Cc1ccc(Cl)cc1. The number of alkyl halides is 3. The van der Waals surface area contributed by atoms with Crippen molar-refractivity contribution < 1.29 is 23.4 Å². The molecule has 0 saturated heterocycles. The van der Waals surface area contributed by atoms with E-state index in [0.717, 1.165) is 5.56 Å². The Morgan fingerprint density at radius 1 is 1.20 bits per heavy atom. The van der Waals surface area contributed by atoms with Crippen molar-refractivity contribution in [3.05, 3.63) is 34.9 Å². The van der Waals surface area contributed by atoms with E-state index in [1.165, 1.54) is 4.90 Å². The molecule has 0 fully saturated rings. The third-order valence-electron chi connectivity index (χ3n) is 2.71. The van der Waals surface area contributed by atoms with Gasteiger partial charge in [0.05, 0.1) is 19.1 Å². The van der Waals surface area contributed by atoms with Gasteiger partial charge in [0.2, 0.25) is 0 Å². The molecule has 0 bridgehead atoms. The van der Waals surface area contributed by atoms with Gasteiger partial charge in [-0.3, -0.25) is 4.90 Å². The Hall–Kier alpha value is -0.820. The van der Waals surface area contributed by atoms with Crippen LogP contribution in [-0.2, 0) is 6.54 Å². The number of hydrogen-bond donors (Lipinski definition) is 2. The van der Waals surface area contributed by atoms with Crippen molar-refractivity contribution in [3.8, 4) is 0 Å². The minimum absolute atomic E-state index is 0.0186. The van der Waals surface area contributed by atoms with E-state index in [2.05, 4.69) is 0 Å². The highest BCUT2D eigenvalue weighted by Gasteiger charge is 2.28. The van der Waals surface area contributed by atoms with E-state index < -0.39 is 25.3 Å². The van der Waals surface area contributed by atoms with Crippen molar-refractivity contribution in [3.63, 3.8) is 0 Å². The highest BCUT2D eigenvalue weighted by molar-refractivity contribution is 6.30. The van der Waals surface area contributed by atoms with Gasteiger partial charge in [-0.15, -0.1) is 0 Å². The van der Waals surface area contributed by atoms with Crippen LogP contribution in [0.4, 0.5) is 13.2 Å². The molecule has 0 aliphatic heterocycles. The van der Waals surface area contributed by atoms with Crippen LogP contribution in [-0.4, -0.2) is 47.1 Å². The van der Waals surface area contributed by atoms with Gasteiger partial charge in [-0.2, -0.15) is 13.2 Å². The first kappa shape index (κ1) is 17.2. The summed E-state index contributed by atoms with van der Waals surface area (Å²) in [4.78, 5) is 1.46. The second-order valence-electron chi connectivity index (χ2n) is 4.56. The van der Waals surface area contributed by atoms with Crippen LogP contribution in [0, 0.1) is 0 Å². The van der Waals surface area contributed by atoms with Crippen molar-refractivity contribution in [2.45, 2.75) is 25.2 Å². The molecular weight excluding hydrogens is 295 g/mol. The lowest BCUT2D eigenvalue weighted by atomic mass is 10.2. The van der Waals surface area contributed by atoms with Gasteiger partial charge in [-0.05, 0) is 17.7 Å². The highest BCUT2D eigenvalue weighted by atomic mass is 35.5. The fourth-order valence-electron chi connectivity index (χ4n) is 1.72. The molecule has 2 N–H and O–H groups in total. The summed E-state index contributed by atoms with van der Waals surface area (Å²) in [6.07, 6.45) is -6.27. The Morgan fingerprint density at radius 2 is 1.80 bits per heavy atom. The fourth-order valence-corrected chi connectivity index (χ4v) is 1.85. The van der Waals surface area contributed by atoms with Crippen molar-refractivity contribution >= 4 is 11.6 Å². The largest absolute Gasteiger partial charge is 0.394 e. The Morgan fingerprint density at radius 3 is 2.30 bits per heavy atom. The molecule has 1 atom stereocenters. The van der Waals surface area contributed by atoms with Gasteiger partial charge in [-0.1, -0.05) is 23.7 Å². The standard InChI is InChI=1S/C13H17ClF3NO2/c14-11-3-1-10(2-4-11)7-18(8-12(20)9-19)6-5-13(15,16)17/h1-4,12,19-20H,5-9H2/t12-/m0/s1. The maximum atomic E-state index is 12.3. The number of hydrogen-bond acceptors (Lipinski definition) is 3. The summed E-state index contributed by atoms with van der Waals surface area (Å²) in [6, 6.07) is 6.74. The molecule has 0 aliphatic carbocycles. The monoisotopic (exact) mass is 311 g/mol. The Kier molecular flexibility index (Phi) is 6.75. The average Bonchev–Trinajstić information content (AvgIpc) is 2.37. The first-order chi connectivity index (χ1) is 9.30. The van der Waals surface area contributed by atoms with E-state index in [1.54, 1.807) is 24.3 Å². The highest BCUT2D eigenvalue weighted by Crippen LogP contribution is 2.20. The molecule has 0 aliphatic rings. The molecule has 0 unspecified atom stereocenters. The number of halogens is 4. The normalized spacial score (nSPS) is 13.8. The van der Waals surface area contributed by atoms with Gasteiger partial charge in [-0.25, -0.2) is 0 Å². The lowest BCUT2D eigenvalue weighted by molar-refractivity contribution is -0.139. The maximum absolute atomic E-state index is 12.3. The van der Waals surface area contributed by atoms with Gasteiger partial charge in [0.15, 0.2) is 0 Å². The molecule has 114 valence electrons. The summed E-state index contributed by atoms with van der Waals surface area (Å²) >= 11 is 5.74. The van der Waals surface area contributed by atoms with Crippen LogP contribution < -0.4 is 0 Å². The lowest BCUT2D eigenvalue weighted by Crippen LogP contribution is -2.36. The van der Waals surface area contributed by atoms with Gasteiger partial charge in [0.1, 0.15) is 0 Å². The van der Waals surface area contributed by atoms with Gasteiger partial charge >= 0.3 is 6.18 Å². The predicted octanol–water partition coefficient (Wildman–Crippen LogP) is 2.45. The van der Waals surface area contributed by atoms with Crippen LogP contribution in [0.25, 0.3) is 0 Å². The Balaban J connectivity index is 2.63. The zero-order valence-electron chi connectivity index (χ0n) is 10.8. The van der Waals surface area contributed by atoms with E-state index in [4.69, 9.17) is 16.7 Å². The van der Waals surface area contributed by atoms with E-state index >= 15 is 0 Å². The number of benzene rings is 1. The van der Waals surface area contributed by atoms with Gasteiger partial charge in [0.25, 0.3) is 0 Å². The van der Waals surface area contributed by atoms with Crippen LogP contribution in [0.1, 0.15) is 12.0 Å². The topological polar surface area (TPSA) is 43.7 Å². The molecular formula is C13H17ClF3NO2. The lowest BCUT2D eigenvalue weighted by Gasteiger charge is -2.25. The fraction of sp³-hybridized carbons (Fsp3) is 0.538. The second-order valence-corrected chi connectivity index (χ2v) is 5.00. The average molecular weight is 312 g/mol. The summed E-state index contributed by atoms with van der Waals surface area (Å²) in [7, 11) is 0. The van der Waals surface area contributed by atoms with Crippen molar-refractivity contribution in [1.82, 2.24) is 4.90 Å². The number of aliphatic hydroxyl groups excluding tert-OH is 2. The van der Waals surface area contributed by atoms with E-state index in [1.807, 2.05) is 0 Å². The first-order valence-electron chi connectivity index (χ1n) is 6.12. The quantitative estimate of drug-likeness (QED) is 0.813. The van der Waals surface area contributed by atoms with Crippen LogP contribution in [0.15, 0.2) is 24.3 Å². The Bertz CT molecular complexity index is 398. The zero-order valence-corrected chi connectivity index (χ0v) is 11.5. The minimum Gasteiger partial charge on any atom is -0.394 e. The molecule has 0 radical (unpaired) electrons. The molecule has 0 aromatic heterocycles. The molecule has 0 saturated carbocycles. The molecule has 0 spiro atoms. The molecule has 1 rings (SSSR count). The van der Waals surface area contributed by atoms with Crippen LogP contribution in [0.2, 0.25) is 5.02 Å². The molecule has 1 aromatic rings. The number of nitrogens with zero attached hydrogens (tertiary/aromatic N) is 1. The molecule has 1 aromatic carbocycles. The molecule has 0 heterocycles. The minimum atomic E-state index is -4.25. The third-order valence-corrected chi connectivity index (χ3v) is 2.96. The summed E-state index contributed by atoms with van der Waals surface area (Å²) in [6.45, 7) is -0.480. The smallest absolute Gasteiger partial charge is 0.390 e. The van der Waals surface area contributed by atoms with Crippen LogP contribution >= 0.6 is 11.6 Å². The molecule has 0 amide bonds. The van der Waals surface area contributed by atoms with Gasteiger partial charge in [0, 0.05) is 24.7 Å². The summed E-state index contributed by atoms with van der Waals surface area (Å²) < 4.78 is 36.8. The predicted molar refractivity (Wildman–Crippen MR) is 70.5 cm³/mol. The molecule has 20 heavy (non-hydrogen) atoms. The molecule has 7 heteroatoms. The number of aliphatic hydroxyl groups is 2. The summed E-state index contributed by atoms with van der Waals surface area (Å²) in [5.74, 6) is 0. The maximum Gasteiger partial charge on any atom is 0.390 e. The van der Waals surface area contributed by atoms with Gasteiger partial charge < -0.3 is 10.2 Å². The van der Waals surface area contributed by atoms with Crippen LogP contribution in [0.5, 0.6) is 0 Å². The van der Waals surface area contributed by atoms with E-state index in [9.17, 15) is 18.3 Å². The van der Waals surface area contributed by atoms with E-state index in [-0.39, 0.29) is 19.6 Å². The molecule has 3 nitrogen and oxygen atoms in total. The summed E-state index contributed by atoms with van der Waals surface area (Å²) in [5, 5.41) is 18.7. The van der Waals surface area contributed by atoms with Crippen molar-refractivity contribution in [2.24, 2.45) is 0 Å².